The second-order valence-electron chi connectivity index (χ2n) is 13.3. The number of amides is 2. The van der Waals surface area contributed by atoms with Crippen LogP contribution in [0.1, 0.15) is 64.0 Å². The van der Waals surface area contributed by atoms with E-state index in [4.69, 9.17) is 38.7 Å². The van der Waals surface area contributed by atoms with Gasteiger partial charge in [0.25, 0.3) is 5.91 Å². The number of alkyl halides is 3. The van der Waals surface area contributed by atoms with Crippen LogP contribution in [-0.2, 0) is 20.6 Å². The van der Waals surface area contributed by atoms with E-state index in [0.29, 0.717) is 45.4 Å². The third-order valence-corrected chi connectivity index (χ3v) is 9.52. The van der Waals surface area contributed by atoms with Crippen molar-refractivity contribution in [2.45, 2.75) is 81.8 Å². The monoisotopic (exact) mass is 677 g/mol. The van der Waals surface area contributed by atoms with Crippen LogP contribution in [0, 0.1) is 5.41 Å². The predicted molar refractivity (Wildman–Crippen MR) is 165 cm³/mol. The Morgan fingerprint density at radius 3 is 2.39 bits per heavy atom. The van der Waals surface area contributed by atoms with Gasteiger partial charge in [-0.2, -0.15) is 18.3 Å². The molecule has 15 heteroatoms. The second kappa shape index (κ2) is 10.9. The summed E-state index contributed by atoms with van der Waals surface area (Å²) in [5.74, 6) is -0.243. The molecule has 2 aliphatic carbocycles. The molecule has 0 spiro atoms. The fraction of sp³-hybridized carbons (Fsp3) is 0.452. The molecule has 3 aliphatic rings. The summed E-state index contributed by atoms with van der Waals surface area (Å²) in [4.78, 5) is 38.0. The van der Waals surface area contributed by atoms with Gasteiger partial charge in [0, 0.05) is 17.0 Å². The number of nitrogens with two attached hydrogens (primary N) is 1. The van der Waals surface area contributed by atoms with E-state index in [9.17, 15) is 22.8 Å². The van der Waals surface area contributed by atoms with Crippen molar-refractivity contribution in [1.82, 2.24) is 25.4 Å². The number of aromatic amines is 1. The van der Waals surface area contributed by atoms with Gasteiger partial charge in [-0.05, 0) is 66.5 Å². The number of aromatic nitrogens is 3. The van der Waals surface area contributed by atoms with Crippen molar-refractivity contribution in [1.29, 1.82) is 0 Å². The number of aliphatic imine (C=N–C) groups is 1. The third kappa shape index (κ3) is 5.46. The van der Waals surface area contributed by atoms with Crippen LogP contribution in [0.15, 0.2) is 53.8 Å². The number of benzene rings is 2. The minimum absolute atomic E-state index is 0.0366. The lowest BCUT2D eigenvalue weighted by Gasteiger charge is -2.34. The Morgan fingerprint density at radius 2 is 1.80 bits per heavy atom. The highest BCUT2D eigenvalue weighted by atomic mass is 35.5. The zero-order valence-corrected chi connectivity index (χ0v) is 26.7. The standard InChI is InChI=1S/C31H32Cl2F3N7O3/c1-27(2,3)10-13-29(17-4-7-19(32)8-5-17)24(44)43(25(37)40-29)30(18-6-9-21(33)20(14-18)23-38-16-39-42-23)15-22(30)46-26(45)41-28(11-12-28)31(34,35)36/h4-9,14,16,22H,10-13,15H2,1-3H3,(H2,37,40)(H,41,45)(H,38,39,42)/t22-,29+,30+/m0/s1. The molecule has 10 nitrogen and oxygen atoms in total. The number of carbonyl (C=O) groups excluding carboxylic acids is 2. The zero-order chi connectivity index (χ0) is 33.3. The maximum Gasteiger partial charge on any atom is 0.411 e. The van der Waals surface area contributed by atoms with Crippen molar-refractivity contribution in [2.24, 2.45) is 16.1 Å². The lowest BCUT2D eigenvalue weighted by Crippen LogP contribution is -2.52. The number of carbonyl (C=O) groups is 2. The fourth-order valence-corrected chi connectivity index (χ4v) is 6.38. The first-order chi connectivity index (χ1) is 21.5. The molecule has 46 heavy (non-hydrogen) atoms. The van der Waals surface area contributed by atoms with Gasteiger partial charge < -0.3 is 15.8 Å². The zero-order valence-electron chi connectivity index (χ0n) is 25.2. The van der Waals surface area contributed by atoms with E-state index in [2.05, 4.69) is 15.2 Å². The summed E-state index contributed by atoms with van der Waals surface area (Å²) in [5.41, 5.74) is 2.75. The van der Waals surface area contributed by atoms with Gasteiger partial charge in [-0.1, -0.05) is 62.2 Å². The number of hydrogen-bond acceptors (Lipinski definition) is 7. The molecule has 3 aromatic rings. The molecule has 0 unspecified atom stereocenters. The quantitative estimate of drug-likeness (QED) is 0.251. The summed E-state index contributed by atoms with van der Waals surface area (Å²) in [6, 6.07) is 11.7. The first-order valence-electron chi connectivity index (χ1n) is 14.7. The van der Waals surface area contributed by atoms with Gasteiger partial charge in [-0.15, -0.1) is 0 Å². The Morgan fingerprint density at radius 1 is 1.13 bits per heavy atom. The molecule has 2 heterocycles. The Bertz CT molecular complexity index is 1710. The SMILES string of the molecule is CC(C)(C)CC[C@]1(c2ccc(Cl)cc2)N=C(N)N([C@@]2(c3ccc(Cl)c(-c4ncn[nH]4)c3)C[C@@H]2OC(=O)NC2(C(F)(F)F)CC2)C1=O. The molecular weight excluding hydrogens is 646 g/mol. The summed E-state index contributed by atoms with van der Waals surface area (Å²) in [7, 11) is 0. The summed E-state index contributed by atoms with van der Waals surface area (Å²) < 4.78 is 46.5. The van der Waals surface area contributed by atoms with Crippen LogP contribution in [0.5, 0.6) is 0 Å². The molecule has 4 N–H and O–H groups in total. The minimum atomic E-state index is -4.64. The van der Waals surface area contributed by atoms with Gasteiger partial charge in [0.1, 0.15) is 23.5 Å². The molecule has 2 amide bonds. The second-order valence-corrected chi connectivity index (χ2v) is 14.1. The molecule has 1 aliphatic heterocycles. The first kappa shape index (κ1) is 32.1. The van der Waals surface area contributed by atoms with Crippen LogP contribution >= 0.6 is 23.2 Å². The van der Waals surface area contributed by atoms with Gasteiger partial charge in [0.05, 0.1) is 5.02 Å². The average molecular weight is 679 g/mol. The fourth-order valence-electron chi connectivity index (χ4n) is 6.05. The van der Waals surface area contributed by atoms with E-state index in [-0.39, 0.29) is 30.6 Å². The van der Waals surface area contributed by atoms with Crippen molar-refractivity contribution < 1.29 is 27.5 Å². The number of hydrogen-bond donors (Lipinski definition) is 3. The molecule has 6 rings (SSSR count). The number of rotatable bonds is 8. The Balaban J connectivity index is 1.42. The van der Waals surface area contributed by atoms with Crippen molar-refractivity contribution in [3.05, 3.63) is 70.0 Å². The van der Waals surface area contributed by atoms with Crippen LogP contribution in [0.4, 0.5) is 18.0 Å². The molecule has 0 bridgehead atoms. The Hall–Kier alpha value is -3.84. The lowest BCUT2D eigenvalue weighted by molar-refractivity contribution is -0.164. The van der Waals surface area contributed by atoms with E-state index in [1.165, 1.54) is 11.2 Å². The summed E-state index contributed by atoms with van der Waals surface area (Å²) in [5, 5.41) is 9.43. The number of nitrogens with one attached hydrogen (secondary N) is 2. The molecule has 244 valence electrons. The molecule has 0 saturated heterocycles. The largest absolute Gasteiger partial charge is 0.443 e. The molecule has 2 fully saturated rings. The van der Waals surface area contributed by atoms with Gasteiger partial charge >= 0.3 is 12.3 Å². The van der Waals surface area contributed by atoms with E-state index in [1.807, 2.05) is 26.1 Å². The van der Waals surface area contributed by atoms with E-state index < -0.39 is 40.9 Å². The van der Waals surface area contributed by atoms with Gasteiger partial charge in [-0.3, -0.25) is 14.8 Å². The number of nitrogens with zero attached hydrogens (tertiary/aromatic N) is 4. The van der Waals surface area contributed by atoms with Crippen LogP contribution in [-0.4, -0.2) is 55.9 Å². The van der Waals surface area contributed by atoms with Gasteiger partial charge in [0.2, 0.25) is 5.96 Å². The molecule has 1 aromatic heterocycles. The maximum absolute atomic E-state index is 14.8. The third-order valence-electron chi connectivity index (χ3n) is 8.94. The number of ether oxygens (including phenoxy) is 1. The van der Waals surface area contributed by atoms with E-state index in [0.717, 1.165) is 0 Å². The summed E-state index contributed by atoms with van der Waals surface area (Å²) in [6.07, 6.45) is -5.21. The molecular formula is C31H32Cl2F3N7O3. The van der Waals surface area contributed by atoms with Crippen molar-refractivity contribution in [3.63, 3.8) is 0 Å². The van der Waals surface area contributed by atoms with E-state index >= 15 is 0 Å². The van der Waals surface area contributed by atoms with E-state index in [1.54, 1.807) is 42.5 Å². The van der Waals surface area contributed by atoms with Crippen molar-refractivity contribution >= 4 is 41.2 Å². The topological polar surface area (TPSA) is 139 Å². The molecule has 2 saturated carbocycles. The van der Waals surface area contributed by atoms with Crippen molar-refractivity contribution in [3.8, 4) is 11.4 Å². The van der Waals surface area contributed by atoms with Crippen LogP contribution in [0.25, 0.3) is 11.4 Å². The maximum atomic E-state index is 14.8. The normalized spacial score (nSPS) is 25.3. The highest BCUT2D eigenvalue weighted by molar-refractivity contribution is 6.33. The average Bonchev–Trinajstić information content (AvgIpc) is 3.80. The highest BCUT2D eigenvalue weighted by Gasteiger charge is 2.70. The molecule has 3 atom stereocenters. The predicted octanol–water partition coefficient (Wildman–Crippen LogP) is 6.45. The molecule has 0 radical (unpaired) electrons. The lowest BCUT2D eigenvalue weighted by atomic mass is 9.79. The smallest absolute Gasteiger partial charge is 0.411 e. The van der Waals surface area contributed by atoms with Gasteiger partial charge in [-0.25, -0.2) is 14.8 Å². The van der Waals surface area contributed by atoms with Crippen LogP contribution in [0.3, 0.4) is 0 Å². The van der Waals surface area contributed by atoms with Gasteiger partial charge in [0.15, 0.2) is 11.4 Å². The number of halogens is 5. The first-order valence-corrected chi connectivity index (χ1v) is 15.4. The molecule has 2 aromatic carbocycles. The summed E-state index contributed by atoms with van der Waals surface area (Å²) >= 11 is 12.7. The van der Waals surface area contributed by atoms with Crippen molar-refractivity contribution in [2.75, 3.05) is 0 Å². The number of alkyl carbamates (subject to hydrolysis) is 1. The Kier molecular flexibility index (Phi) is 7.59. The number of guanidine groups is 1. The minimum Gasteiger partial charge on any atom is -0.443 e. The summed E-state index contributed by atoms with van der Waals surface area (Å²) in [6.45, 7) is 6.14. The van der Waals surface area contributed by atoms with Crippen LogP contribution < -0.4 is 11.1 Å². The number of H-pyrrole nitrogens is 1. The Labute approximate surface area is 272 Å². The highest BCUT2D eigenvalue weighted by Crippen LogP contribution is 2.58. The van der Waals surface area contributed by atoms with Crippen LogP contribution in [0.2, 0.25) is 10.0 Å².